The number of hydrogen-bond donors (Lipinski definition) is 1. The predicted octanol–water partition coefficient (Wildman–Crippen LogP) is 2.47. The first kappa shape index (κ1) is 12.3. The van der Waals surface area contributed by atoms with Gasteiger partial charge >= 0.3 is 0 Å². The van der Waals surface area contributed by atoms with Crippen LogP contribution >= 0.6 is 11.3 Å². The fourth-order valence-corrected chi connectivity index (χ4v) is 2.81. The lowest BCUT2D eigenvalue weighted by Gasteiger charge is -2.08. The molecule has 0 saturated heterocycles. The Morgan fingerprint density at radius 1 is 1.37 bits per heavy atom. The maximum atomic E-state index is 4.29. The zero-order valence-corrected chi connectivity index (χ0v) is 11.9. The van der Waals surface area contributed by atoms with Crippen molar-refractivity contribution in [3.05, 3.63) is 35.1 Å². The third-order valence-corrected chi connectivity index (χ3v) is 4.12. The van der Waals surface area contributed by atoms with Crippen LogP contribution in [-0.4, -0.2) is 27.0 Å². The van der Waals surface area contributed by atoms with Crippen LogP contribution in [0, 0.1) is 6.92 Å². The van der Waals surface area contributed by atoms with Crippen LogP contribution in [0.5, 0.6) is 0 Å². The molecule has 0 radical (unpaired) electrons. The van der Waals surface area contributed by atoms with E-state index in [1.807, 2.05) is 36.3 Å². The Kier molecular flexibility index (Phi) is 3.04. The quantitative estimate of drug-likeness (QED) is 0.796. The van der Waals surface area contributed by atoms with Gasteiger partial charge in [0.1, 0.15) is 5.69 Å². The van der Waals surface area contributed by atoms with Gasteiger partial charge in [-0.2, -0.15) is 0 Å². The van der Waals surface area contributed by atoms with Crippen molar-refractivity contribution < 1.29 is 0 Å². The van der Waals surface area contributed by atoms with E-state index in [0.29, 0.717) is 0 Å². The van der Waals surface area contributed by atoms with Crippen LogP contribution in [-0.2, 0) is 0 Å². The Morgan fingerprint density at radius 3 is 3.00 bits per heavy atom. The van der Waals surface area contributed by atoms with E-state index in [4.69, 9.17) is 0 Å². The Labute approximate surface area is 115 Å². The maximum absolute atomic E-state index is 4.29. The van der Waals surface area contributed by atoms with Crippen molar-refractivity contribution in [1.82, 2.24) is 25.3 Å². The van der Waals surface area contributed by atoms with E-state index in [2.05, 4.69) is 33.6 Å². The van der Waals surface area contributed by atoms with E-state index in [0.717, 1.165) is 27.3 Å². The molecule has 0 spiro atoms. The van der Waals surface area contributed by atoms with Crippen molar-refractivity contribution in [1.29, 1.82) is 0 Å². The highest BCUT2D eigenvalue weighted by atomic mass is 32.1. The van der Waals surface area contributed by atoms with Crippen LogP contribution in [0.15, 0.2) is 23.7 Å². The number of thiazole rings is 1. The number of nitrogens with one attached hydrogen (secondary N) is 1. The molecule has 0 fully saturated rings. The average molecular weight is 273 g/mol. The standard InChI is InChI=1S/C13H15N5S/c1-8(14-3)13-9(2)18(17-16-13)10-4-5-11-12(6-10)19-7-15-11/h4-8,14H,1-3H3. The van der Waals surface area contributed by atoms with Gasteiger partial charge in [-0.05, 0) is 39.1 Å². The topological polar surface area (TPSA) is 55.6 Å². The molecule has 2 heterocycles. The normalized spacial score (nSPS) is 13.0. The van der Waals surface area contributed by atoms with Crippen LogP contribution in [0.2, 0.25) is 0 Å². The van der Waals surface area contributed by atoms with E-state index in [1.165, 1.54) is 0 Å². The van der Waals surface area contributed by atoms with Crippen molar-refractivity contribution in [2.75, 3.05) is 7.05 Å². The lowest BCUT2D eigenvalue weighted by atomic mass is 10.2. The third kappa shape index (κ3) is 2.02. The van der Waals surface area contributed by atoms with Crippen molar-refractivity contribution in [3.63, 3.8) is 0 Å². The molecule has 1 aromatic carbocycles. The van der Waals surface area contributed by atoms with Crippen LogP contribution in [0.3, 0.4) is 0 Å². The van der Waals surface area contributed by atoms with Crippen LogP contribution in [0.25, 0.3) is 15.9 Å². The van der Waals surface area contributed by atoms with Gasteiger partial charge in [-0.1, -0.05) is 5.21 Å². The van der Waals surface area contributed by atoms with E-state index in [-0.39, 0.29) is 6.04 Å². The molecule has 19 heavy (non-hydrogen) atoms. The minimum atomic E-state index is 0.195. The first-order valence-corrected chi connectivity index (χ1v) is 7.01. The monoisotopic (exact) mass is 273 g/mol. The van der Waals surface area contributed by atoms with Gasteiger partial charge in [0.15, 0.2) is 0 Å². The number of nitrogens with zero attached hydrogens (tertiary/aromatic N) is 4. The summed E-state index contributed by atoms with van der Waals surface area (Å²) < 4.78 is 3.04. The number of rotatable bonds is 3. The van der Waals surface area contributed by atoms with Crippen LogP contribution in [0.1, 0.15) is 24.4 Å². The molecule has 2 aromatic heterocycles. The molecule has 0 aliphatic rings. The van der Waals surface area contributed by atoms with E-state index >= 15 is 0 Å². The van der Waals surface area contributed by atoms with Gasteiger partial charge < -0.3 is 5.32 Å². The number of benzene rings is 1. The SMILES string of the molecule is CNC(C)c1nnn(-c2ccc3ncsc3c2)c1C. The summed E-state index contributed by atoms with van der Waals surface area (Å²) in [4.78, 5) is 4.29. The molecular formula is C13H15N5S. The molecule has 0 saturated carbocycles. The molecular weight excluding hydrogens is 258 g/mol. The highest BCUT2D eigenvalue weighted by molar-refractivity contribution is 7.16. The summed E-state index contributed by atoms with van der Waals surface area (Å²) in [5, 5.41) is 11.7. The largest absolute Gasteiger partial charge is 0.312 e. The van der Waals surface area contributed by atoms with Gasteiger partial charge in [0.05, 0.1) is 33.2 Å². The first-order chi connectivity index (χ1) is 9.20. The molecule has 0 aliphatic carbocycles. The van der Waals surface area contributed by atoms with E-state index in [1.54, 1.807) is 11.3 Å². The fraction of sp³-hybridized carbons (Fsp3) is 0.308. The number of aromatic nitrogens is 4. The highest BCUT2D eigenvalue weighted by Gasteiger charge is 2.15. The van der Waals surface area contributed by atoms with Gasteiger partial charge in [-0.15, -0.1) is 16.4 Å². The molecule has 1 unspecified atom stereocenters. The second-order valence-electron chi connectivity index (χ2n) is 4.49. The lowest BCUT2D eigenvalue weighted by molar-refractivity contribution is 0.627. The summed E-state index contributed by atoms with van der Waals surface area (Å²) in [6, 6.07) is 6.34. The van der Waals surface area contributed by atoms with Crippen molar-refractivity contribution in [2.24, 2.45) is 0 Å². The Morgan fingerprint density at radius 2 is 2.21 bits per heavy atom. The summed E-state index contributed by atoms with van der Waals surface area (Å²) in [6.07, 6.45) is 0. The molecule has 98 valence electrons. The van der Waals surface area contributed by atoms with E-state index < -0.39 is 0 Å². The molecule has 0 aliphatic heterocycles. The van der Waals surface area contributed by atoms with Gasteiger partial charge in [-0.3, -0.25) is 0 Å². The van der Waals surface area contributed by atoms with Crippen molar-refractivity contribution in [2.45, 2.75) is 19.9 Å². The molecule has 1 N–H and O–H groups in total. The second-order valence-corrected chi connectivity index (χ2v) is 5.37. The number of hydrogen-bond acceptors (Lipinski definition) is 5. The molecule has 1 atom stereocenters. The predicted molar refractivity (Wildman–Crippen MR) is 76.7 cm³/mol. The minimum Gasteiger partial charge on any atom is -0.312 e. The summed E-state index contributed by atoms with van der Waals surface area (Å²) >= 11 is 1.63. The second kappa shape index (κ2) is 4.71. The van der Waals surface area contributed by atoms with Crippen LogP contribution < -0.4 is 5.32 Å². The fourth-order valence-electron chi connectivity index (χ4n) is 2.10. The smallest absolute Gasteiger partial charge is 0.103 e. The lowest BCUT2D eigenvalue weighted by Crippen LogP contribution is -2.14. The molecule has 6 heteroatoms. The average Bonchev–Trinajstić information content (AvgIpc) is 3.03. The Hall–Kier alpha value is -1.79. The van der Waals surface area contributed by atoms with Crippen molar-refractivity contribution >= 4 is 21.6 Å². The Bertz CT molecular complexity index is 715. The molecule has 3 aromatic rings. The van der Waals surface area contributed by atoms with E-state index in [9.17, 15) is 0 Å². The number of fused-ring (bicyclic) bond motifs is 1. The van der Waals surface area contributed by atoms with Gasteiger partial charge in [0.2, 0.25) is 0 Å². The molecule has 0 bridgehead atoms. The zero-order chi connectivity index (χ0) is 13.4. The highest BCUT2D eigenvalue weighted by Crippen LogP contribution is 2.23. The van der Waals surface area contributed by atoms with Gasteiger partial charge in [0, 0.05) is 0 Å². The third-order valence-electron chi connectivity index (χ3n) is 3.33. The zero-order valence-electron chi connectivity index (χ0n) is 11.1. The summed E-state index contributed by atoms with van der Waals surface area (Å²) in [7, 11) is 1.92. The first-order valence-electron chi connectivity index (χ1n) is 6.14. The molecule has 3 rings (SSSR count). The van der Waals surface area contributed by atoms with Crippen LogP contribution in [0.4, 0.5) is 0 Å². The van der Waals surface area contributed by atoms with Gasteiger partial charge in [-0.25, -0.2) is 9.67 Å². The van der Waals surface area contributed by atoms with Crippen molar-refractivity contribution in [3.8, 4) is 5.69 Å². The Balaban J connectivity index is 2.08. The summed E-state index contributed by atoms with van der Waals surface area (Å²) in [6.45, 7) is 4.12. The summed E-state index contributed by atoms with van der Waals surface area (Å²) in [5.74, 6) is 0. The molecule has 5 nitrogen and oxygen atoms in total. The minimum absolute atomic E-state index is 0.195. The summed E-state index contributed by atoms with van der Waals surface area (Å²) in [5.41, 5.74) is 5.95. The van der Waals surface area contributed by atoms with Gasteiger partial charge in [0.25, 0.3) is 0 Å². The maximum Gasteiger partial charge on any atom is 0.103 e. The molecule has 0 amide bonds.